The Balaban J connectivity index is 1.21. The van der Waals surface area contributed by atoms with Crippen LogP contribution in [0.5, 0.6) is 5.75 Å². The fourth-order valence-corrected chi connectivity index (χ4v) is 5.66. The zero-order chi connectivity index (χ0) is 31.6. The summed E-state index contributed by atoms with van der Waals surface area (Å²) in [5.74, 6) is 1.13. The molecule has 2 aliphatic rings. The van der Waals surface area contributed by atoms with Crippen LogP contribution in [0.4, 0.5) is 25.4 Å². The summed E-state index contributed by atoms with van der Waals surface area (Å²) in [6.07, 6.45) is 1.28. The summed E-state index contributed by atoms with van der Waals surface area (Å²) in [4.78, 5) is 26.0. The van der Waals surface area contributed by atoms with E-state index in [1.807, 2.05) is 37.8 Å². The van der Waals surface area contributed by atoms with Crippen LogP contribution in [-0.2, 0) is 4.74 Å². The highest BCUT2D eigenvalue weighted by Gasteiger charge is 2.38. The van der Waals surface area contributed by atoms with E-state index >= 15 is 0 Å². The van der Waals surface area contributed by atoms with Crippen molar-refractivity contribution in [1.82, 2.24) is 20.4 Å². The molecule has 4 heterocycles. The van der Waals surface area contributed by atoms with E-state index < -0.39 is 35.3 Å². The van der Waals surface area contributed by atoms with E-state index in [0.717, 1.165) is 49.6 Å². The molecule has 238 valence electrons. The topological polar surface area (TPSA) is 106 Å². The first-order valence-electron chi connectivity index (χ1n) is 15.2. The molecule has 2 aromatic heterocycles. The van der Waals surface area contributed by atoms with Crippen molar-refractivity contribution in [3.8, 4) is 5.75 Å². The van der Waals surface area contributed by atoms with Gasteiger partial charge in [-0.3, -0.25) is 0 Å². The van der Waals surface area contributed by atoms with Crippen LogP contribution in [0.25, 0.3) is 0 Å². The molecule has 0 radical (unpaired) electrons. The maximum absolute atomic E-state index is 14.9. The Hall–Kier alpha value is -3.96. The molecular formula is C32H42F2N6O4. The summed E-state index contributed by atoms with van der Waals surface area (Å²) in [5, 5.41) is 6.94. The van der Waals surface area contributed by atoms with Crippen LogP contribution in [0.15, 0.2) is 34.9 Å². The number of anilines is 2. The molecule has 1 aromatic carbocycles. The zero-order valence-corrected chi connectivity index (χ0v) is 26.3. The first kappa shape index (κ1) is 31.5. The number of alkyl carbamates (subject to hydrolysis) is 1. The van der Waals surface area contributed by atoms with Crippen LogP contribution in [0, 0.1) is 24.5 Å². The SMILES string of the molecule is Cc1nc(N2CC(NC(=O)OC(C)(C)C)C(c3cc(F)ccc3F)C2)ccc1OCC1CCN(c2nc(C(C)C)no2)CC1. The number of carbonyl (C=O) groups is 1. The van der Waals surface area contributed by atoms with Crippen LogP contribution in [-0.4, -0.2) is 65.6 Å². The summed E-state index contributed by atoms with van der Waals surface area (Å²) >= 11 is 0. The number of nitrogens with zero attached hydrogens (tertiary/aromatic N) is 5. The van der Waals surface area contributed by atoms with Gasteiger partial charge in [-0.2, -0.15) is 4.98 Å². The maximum atomic E-state index is 14.9. The fourth-order valence-electron chi connectivity index (χ4n) is 5.66. The quantitative estimate of drug-likeness (QED) is 0.330. The molecule has 0 aliphatic carbocycles. The molecule has 1 amide bonds. The number of carbonyl (C=O) groups excluding carboxylic acids is 1. The molecule has 0 saturated carbocycles. The minimum absolute atomic E-state index is 0.204. The average molecular weight is 613 g/mol. The summed E-state index contributed by atoms with van der Waals surface area (Å²) in [6, 6.07) is 7.21. The zero-order valence-electron chi connectivity index (χ0n) is 26.3. The van der Waals surface area contributed by atoms with Gasteiger partial charge in [-0.15, -0.1) is 0 Å². The number of hydrogen-bond donors (Lipinski definition) is 1. The number of nitrogens with one attached hydrogen (secondary N) is 1. The van der Waals surface area contributed by atoms with Crippen molar-refractivity contribution in [2.75, 3.05) is 42.6 Å². The average Bonchev–Trinajstić information content (AvgIpc) is 3.61. The van der Waals surface area contributed by atoms with Gasteiger partial charge in [0.1, 0.15) is 28.8 Å². The number of benzene rings is 1. The predicted octanol–water partition coefficient (Wildman–Crippen LogP) is 5.97. The van der Waals surface area contributed by atoms with Crippen LogP contribution >= 0.6 is 0 Å². The van der Waals surface area contributed by atoms with Crippen LogP contribution in [0.2, 0.25) is 0 Å². The largest absolute Gasteiger partial charge is 0.491 e. The van der Waals surface area contributed by atoms with Crippen molar-refractivity contribution in [3.63, 3.8) is 0 Å². The Morgan fingerprint density at radius 1 is 1.09 bits per heavy atom. The number of piperidine rings is 1. The highest BCUT2D eigenvalue weighted by atomic mass is 19.1. The minimum atomic E-state index is -0.695. The Bertz CT molecular complexity index is 1450. The molecule has 3 aromatic rings. The highest BCUT2D eigenvalue weighted by molar-refractivity contribution is 5.69. The minimum Gasteiger partial charge on any atom is -0.491 e. The van der Waals surface area contributed by atoms with Crippen LogP contribution in [0.1, 0.15) is 76.4 Å². The van der Waals surface area contributed by atoms with E-state index in [-0.39, 0.29) is 11.5 Å². The molecule has 0 spiro atoms. The lowest BCUT2D eigenvalue weighted by atomic mass is 9.94. The van der Waals surface area contributed by atoms with Gasteiger partial charge in [-0.1, -0.05) is 19.0 Å². The standard InChI is InChI=1S/C32H42F2N6O4/c1-19(2)29-37-30(44-38-29)39-13-11-21(12-14-39)18-42-27-9-10-28(35-20(27)3)40-16-24(23-15-22(33)7-8-25(23)34)26(17-40)36-31(41)43-32(4,5)6/h7-10,15,19,21,24,26H,11-14,16-18H2,1-6H3,(H,36,41). The monoisotopic (exact) mass is 612 g/mol. The Morgan fingerprint density at radius 2 is 1.84 bits per heavy atom. The number of aromatic nitrogens is 3. The number of pyridine rings is 1. The summed E-state index contributed by atoms with van der Waals surface area (Å²) < 4.78 is 46.1. The molecule has 2 fully saturated rings. The molecule has 5 rings (SSSR count). The molecule has 12 heteroatoms. The molecular weight excluding hydrogens is 570 g/mol. The van der Waals surface area contributed by atoms with Gasteiger partial charge in [0.15, 0.2) is 5.82 Å². The van der Waals surface area contributed by atoms with Crippen LogP contribution in [0.3, 0.4) is 0 Å². The van der Waals surface area contributed by atoms with Crippen LogP contribution < -0.4 is 19.9 Å². The number of aryl methyl sites for hydroxylation is 1. The van der Waals surface area contributed by atoms with Gasteiger partial charge in [0, 0.05) is 38.0 Å². The van der Waals surface area contributed by atoms with E-state index in [4.69, 9.17) is 19.0 Å². The van der Waals surface area contributed by atoms with Gasteiger partial charge in [0.05, 0.1) is 18.3 Å². The lowest BCUT2D eigenvalue weighted by Gasteiger charge is -2.30. The molecule has 2 saturated heterocycles. The van der Waals surface area contributed by atoms with Gasteiger partial charge in [0.2, 0.25) is 0 Å². The first-order chi connectivity index (χ1) is 20.9. The van der Waals surface area contributed by atoms with Gasteiger partial charge in [-0.05, 0) is 82.3 Å². The van der Waals surface area contributed by atoms with E-state index in [1.165, 1.54) is 6.07 Å². The van der Waals surface area contributed by atoms with E-state index in [1.54, 1.807) is 20.8 Å². The third-order valence-electron chi connectivity index (χ3n) is 8.03. The molecule has 2 atom stereocenters. The molecule has 0 bridgehead atoms. The van der Waals surface area contributed by atoms with Crippen molar-refractivity contribution in [2.24, 2.45) is 5.92 Å². The fraction of sp³-hybridized carbons (Fsp3) is 0.562. The highest BCUT2D eigenvalue weighted by Crippen LogP contribution is 2.34. The predicted molar refractivity (Wildman–Crippen MR) is 162 cm³/mol. The van der Waals surface area contributed by atoms with E-state index in [0.29, 0.717) is 43.2 Å². The third kappa shape index (κ3) is 7.57. The second-order valence-corrected chi connectivity index (χ2v) is 13.0. The van der Waals surface area contributed by atoms with Crippen molar-refractivity contribution >= 4 is 17.9 Å². The second-order valence-electron chi connectivity index (χ2n) is 13.0. The summed E-state index contributed by atoms with van der Waals surface area (Å²) in [5.41, 5.74) is 0.235. The first-order valence-corrected chi connectivity index (χ1v) is 15.2. The Morgan fingerprint density at radius 3 is 2.50 bits per heavy atom. The Kier molecular flexibility index (Phi) is 9.26. The maximum Gasteiger partial charge on any atom is 0.407 e. The van der Waals surface area contributed by atoms with E-state index in [2.05, 4.69) is 20.4 Å². The smallest absolute Gasteiger partial charge is 0.407 e. The number of hydrogen-bond acceptors (Lipinski definition) is 9. The third-order valence-corrected chi connectivity index (χ3v) is 8.03. The molecule has 2 aliphatic heterocycles. The molecule has 10 nitrogen and oxygen atoms in total. The number of halogens is 2. The molecule has 2 unspecified atom stereocenters. The van der Waals surface area contributed by atoms with Gasteiger partial charge >= 0.3 is 12.1 Å². The van der Waals surface area contributed by atoms with Crippen molar-refractivity contribution in [2.45, 2.75) is 77.9 Å². The summed E-state index contributed by atoms with van der Waals surface area (Å²) in [7, 11) is 0. The summed E-state index contributed by atoms with van der Waals surface area (Å²) in [6.45, 7) is 14.2. The van der Waals surface area contributed by atoms with Crippen molar-refractivity contribution < 1.29 is 27.6 Å². The number of ether oxygens (including phenoxy) is 2. The number of rotatable bonds is 8. The van der Waals surface area contributed by atoms with E-state index in [9.17, 15) is 13.6 Å². The normalized spacial score (nSPS) is 19.5. The van der Waals surface area contributed by atoms with Crippen molar-refractivity contribution in [3.05, 3.63) is 59.0 Å². The lowest BCUT2D eigenvalue weighted by molar-refractivity contribution is 0.0504. The van der Waals surface area contributed by atoms with Gasteiger partial charge in [0.25, 0.3) is 0 Å². The second kappa shape index (κ2) is 13.0. The van der Waals surface area contributed by atoms with Gasteiger partial charge in [-0.25, -0.2) is 18.6 Å². The molecule has 1 N–H and O–H groups in total. The van der Waals surface area contributed by atoms with Gasteiger partial charge < -0.3 is 29.1 Å². The number of amides is 1. The lowest BCUT2D eigenvalue weighted by Crippen LogP contribution is -2.43. The Labute approximate surface area is 257 Å². The van der Waals surface area contributed by atoms with Crippen molar-refractivity contribution in [1.29, 1.82) is 0 Å². The molecule has 44 heavy (non-hydrogen) atoms.